The van der Waals surface area contributed by atoms with Gasteiger partial charge in [0.15, 0.2) is 6.29 Å². The number of carbonyl (C=O) groups is 2. The highest BCUT2D eigenvalue weighted by molar-refractivity contribution is 5.99. The zero-order chi connectivity index (χ0) is 16.4. The second kappa shape index (κ2) is 6.57. The van der Waals surface area contributed by atoms with Crippen molar-refractivity contribution in [3.8, 4) is 0 Å². The zero-order valence-electron chi connectivity index (χ0n) is 13.8. The molecule has 1 saturated carbocycles. The summed E-state index contributed by atoms with van der Waals surface area (Å²) < 4.78 is 1.95. The van der Waals surface area contributed by atoms with Gasteiger partial charge in [-0.1, -0.05) is 38.0 Å². The van der Waals surface area contributed by atoms with E-state index in [0.29, 0.717) is 11.5 Å². The molecule has 0 radical (unpaired) electrons. The van der Waals surface area contributed by atoms with Crippen LogP contribution in [0.4, 0.5) is 0 Å². The molecule has 1 aliphatic rings. The molecule has 122 valence electrons. The average Bonchev–Trinajstić information content (AvgIpc) is 2.81. The SMILES string of the molecule is Cc1c(C=O)c2ccccc2n1CC(=O)N[C@H]1CCCC[C@@H]1C. The molecular formula is C19H24N2O2. The molecule has 4 nitrogen and oxygen atoms in total. The van der Waals surface area contributed by atoms with E-state index in [1.807, 2.05) is 35.8 Å². The molecule has 0 unspecified atom stereocenters. The van der Waals surface area contributed by atoms with Gasteiger partial charge in [-0.25, -0.2) is 0 Å². The van der Waals surface area contributed by atoms with Crippen molar-refractivity contribution in [2.45, 2.75) is 52.1 Å². The van der Waals surface area contributed by atoms with Crippen molar-refractivity contribution < 1.29 is 9.59 Å². The smallest absolute Gasteiger partial charge is 0.240 e. The van der Waals surface area contributed by atoms with Gasteiger partial charge in [-0.2, -0.15) is 0 Å². The summed E-state index contributed by atoms with van der Waals surface area (Å²) in [5.74, 6) is 0.575. The van der Waals surface area contributed by atoms with Gasteiger partial charge in [-0.05, 0) is 31.7 Å². The second-order valence-electron chi connectivity index (χ2n) is 6.66. The van der Waals surface area contributed by atoms with E-state index in [1.54, 1.807) is 0 Å². The molecule has 1 aromatic heterocycles. The molecule has 4 heteroatoms. The lowest BCUT2D eigenvalue weighted by Crippen LogP contribution is -2.42. The Balaban J connectivity index is 1.82. The second-order valence-corrected chi connectivity index (χ2v) is 6.66. The van der Waals surface area contributed by atoms with E-state index in [2.05, 4.69) is 12.2 Å². The van der Waals surface area contributed by atoms with Gasteiger partial charge in [0.25, 0.3) is 0 Å². The first-order valence-corrected chi connectivity index (χ1v) is 8.44. The quantitative estimate of drug-likeness (QED) is 0.879. The largest absolute Gasteiger partial charge is 0.352 e. The summed E-state index contributed by atoms with van der Waals surface area (Å²) in [7, 11) is 0. The van der Waals surface area contributed by atoms with Crippen LogP contribution in [0.1, 0.15) is 48.7 Å². The summed E-state index contributed by atoms with van der Waals surface area (Å²) in [4.78, 5) is 23.9. The number of hydrogen-bond donors (Lipinski definition) is 1. The van der Waals surface area contributed by atoms with Gasteiger partial charge in [-0.15, -0.1) is 0 Å². The number of nitrogens with one attached hydrogen (secondary N) is 1. The number of amides is 1. The van der Waals surface area contributed by atoms with Gasteiger partial charge in [0, 0.05) is 28.2 Å². The van der Waals surface area contributed by atoms with E-state index in [0.717, 1.165) is 29.3 Å². The van der Waals surface area contributed by atoms with Crippen LogP contribution in [-0.4, -0.2) is 22.8 Å². The maximum Gasteiger partial charge on any atom is 0.240 e. The Kier molecular flexibility index (Phi) is 4.51. The van der Waals surface area contributed by atoms with Gasteiger partial charge in [-0.3, -0.25) is 9.59 Å². The number of aldehydes is 1. The maximum atomic E-state index is 12.5. The van der Waals surface area contributed by atoms with Crippen LogP contribution in [0.15, 0.2) is 24.3 Å². The van der Waals surface area contributed by atoms with Gasteiger partial charge >= 0.3 is 0 Å². The van der Waals surface area contributed by atoms with Crippen LogP contribution in [-0.2, 0) is 11.3 Å². The van der Waals surface area contributed by atoms with Crippen molar-refractivity contribution in [1.29, 1.82) is 0 Å². The molecule has 2 aromatic rings. The Labute approximate surface area is 136 Å². The lowest BCUT2D eigenvalue weighted by Gasteiger charge is -2.29. The molecular weight excluding hydrogens is 288 g/mol. The molecule has 1 aromatic carbocycles. The molecule has 1 fully saturated rings. The first-order chi connectivity index (χ1) is 11.1. The van der Waals surface area contributed by atoms with Crippen LogP contribution in [0.3, 0.4) is 0 Å². The summed E-state index contributed by atoms with van der Waals surface area (Å²) in [6.45, 7) is 4.38. The molecule has 1 N–H and O–H groups in total. The summed E-state index contributed by atoms with van der Waals surface area (Å²) >= 11 is 0. The Bertz CT molecular complexity index is 732. The fourth-order valence-corrected chi connectivity index (χ4v) is 3.74. The minimum atomic E-state index is 0.0325. The van der Waals surface area contributed by atoms with Gasteiger partial charge in [0.1, 0.15) is 6.54 Å². The minimum absolute atomic E-state index is 0.0325. The molecule has 1 aliphatic carbocycles. The maximum absolute atomic E-state index is 12.5. The van der Waals surface area contributed by atoms with Crippen LogP contribution >= 0.6 is 0 Å². The zero-order valence-corrected chi connectivity index (χ0v) is 13.8. The predicted molar refractivity (Wildman–Crippen MR) is 91.6 cm³/mol. The van der Waals surface area contributed by atoms with E-state index >= 15 is 0 Å². The summed E-state index contributed by atoms with van der Waals surface area (Å²) in [6.07, 6.45) is 5.59. The molecule has 3 rings (SSSR count). The molecule has 2 atom stereocenters. The van der Waals surface area contributed by atoms with E-state index in [4.69, 9.17) is 0 Å². The van der Waals surface area contributed by atoms with E-state index in [1.165, 1.54) is 19.3 Å². The lowest BCUT2D eigenvalue weighted by atomic mass is 9.86. The summed E-state index contributed by atoms with van der Waals surface area (Å²) in [5.41, 5.74) is 2.48. The first kappa shape index (κ1) is 15.8. The molecule has 1 amide bonds. The average molecular weight is 312 g/mol. The Hall–Kier alpha value is -2.10. The monoisotopic (exact) mass is 312 g/mol. The van der Waals surface area contributed by atoms with Crippen LogP contribution in [0, 0.1) is 12.8 Å². The summed E-state index contributed by atoms with van der Waals surface area (Å²) in [6, 6.07) is 8.04. The van der Waals surface area contributed by atoms with Crippen molar-refractivity contribution in [1.82, 2.24) is 9.88 Å². The minimum Gasteiger partial charge on any atom is -0.352 e. The van der Waals surface area contributed by atoms with Crippen molar-refractivity contribution in [2.75, 3.05) is 0 Å². The molecule has 1 heterocycles. The van der Waals surface area contributed by atoms with E-state index < -0.39 is 0 Å². The fourth-order valence-electron chi connectivity index (χ4n) is 3.74. The topological polar surface area (TPSA) is 51.1 Å². The Morgan fingerprint density at radius 1 is 1.30 bits per heavy atom. The lowest BCUT2D eigenvalue weighted by molar-refractivity contribution is -0.122. The number of nitrogens with zero attached hydrogens (tertiary/aromatic N) is 1. The highest BCUT2D eigenvalue weighted by atomic mass is 16.2. The predicted octanol–water partition coefficient (Wildman–Crippen LogP) is 3.46. The molecule has 0 spiro atoms. The third kappa shape index (κ3) is 3.03. The van der Waals surface area contributed by atoms with Crippen molar-refractivity contribution in [3.63, 3.8) is 0 Å². The highest BCUT2D eigenvalue weighted by Crippen LogP contribution is 2.25. The first-order valence-electron chi connectivity index (χ1n) is 8.44. The molecule has 23 heavy (non-hydrogen) atoms. The van der Waals surface area contributed by atoms with Gasteiger partial charge in [0.05, 0.1) is 0 Å². The number of rotatable bonds is 4. The van der Waals surface area contributed by atoms with Crippen molar-refractivity contribution in [2.24, 2.45) is 5.92 Å². The van der Waals surface area contributed by atoms with Gasteiger partial charge < -0.3 is 9.88 Å². The third-order valence-corrected chi connectivity index (χ3v) is 5.16. The Morgan fingerprint density at radius 3 is 2.78 bits per heavy atom. The summed E-state index contributed by atoms with van der Waals surface area (Å²) in [5, 5.41) is 4.10. The number of carbonyl (C=O) groups excluding carboxylic acids is 2. The number of aromatic nitrogens is 1. The van der Waals surface area contributed by atoms with Crippen LogP contribution in [0.25, 0.3) is 10.9 Å². The number of para-hydroxylation sites is 1. The molecule has 0 aliphatic heterocycles. The Morgan fingerprint density at radius 2 is 2.04 bits per heavy atom. The van der Waals surface area contributed by atoms with Gasteiger partial charge in [0.2, 0.25) is 5.91 Å². The fraction of sp³-hybridized carbons (Fsp3) is 0.474. The number of hydrogen-bond acceptors (Lipinski definition) is 2. The normalized spacial score (nSPS) is 21.3. The molecule has 0 saturated heterocycles. The van der Waals surface area contributed by atoms with Crippen molar-refractivity contribution >= 4 is 23.1 Å². The van der Waals surface area contributed by atoms with Crippen LogP contribution < -0.4 is 5.32 Å². The standard InChI is InChI=1S/C19H24N2O2/c1-13-7-3-5-9-17(13)20-19(23)11-21-14(2)16(12-22)15-8-4-6-10-18(15)21/h4,6,8,10,12-13,17H,3,5,7,9,11H2,1-2H3,(H,20,23)/t13-,17-/m0/s1. The highest BCUT2D eigenvalue weighted by Gasteiger charge is 2.23. The van der Waals surface area contributed by atoms with E-state index in [-0.39, 0.29) is 18.5 Å². The number of fused-ring (bicyclic) bond motifs is 1. The van der Waals surface area contributed by atoms with Crippen LogP contribution in [0.2, 0.25) is 0 Å². The molecule has 0 bridgehead atoms. The van der Waals surface area contributed by atoms with E-state index in [9.17, 15) is 9.59 Å². The van der Waals surface area contributed by atoms with Crippen molar-refractivity contribution in [3.05, 3.63) is 35.5 Å². The third-order valence-electron chi connectivity index (χ3n) is 5.16. The number of benzene rings is 1. The van der Waals surface area contributed by atoms with Crippen LogP contribution in [0.5, 0.6) is 0 Å².